The van der Waals surface area contributed by atoms with Crippen LogP contribution < -0.4 is 0 Å². The van der Waals surface area contributed by atoms with Crippen molar-refractivity contribution >= 4 is 23.2 Å². The van der Waals surface area contributed by atoms with E-state index in [0.29, 0.717) is 23.7 Å². The maximum Gasteiger partial charge on any atom is 0.123 e. The van der Waals surface area contributed by atoms with Gasteiger partial charge in [-0.1, -0.05) is 141 Å². The summed E-state index contributed by atoms with van der Waals surface area (Å²) in [5, 5.41) is 1.81. The zero-order chi connectivity index (χ0) is 39.0. The van der Waals surface area contributed by atoms with Gasteiger partial charge >= 0.3 is 0 Å². The maximum absolute atomic E-state index is 13.7. The second-order valence-electron chi connectivity index (χ2n) is 19.8. The van der Waals surface area contributed by atoms with Crippen LogP contribution in [0.4, 0.5) is 4.39 Å². The lowest BCUT2D eigenvalue weighted by Gasteiger charge is -2.30. The first kappa shape index (κ1) is 43.6. The number of hydrogen-bond acceptors (Lipinski definition) is 0. The standard InChI is InChI=1S/C16H21Cl.C16H25Cl.C16H25F/c1-16(2,3)15-13(10-4-5-10)8-12(17)9-14(15)11-6-7-11;2*1-10(2)13-8-12(17)9-14(11(3)4)15(13)16(5,6)7/h8-11H,4-7H2,1-3H3;2*8-11H,1-7H3. The number of rotatable bonds is 6. The first-order valence-corrected chi connectivity index (χ1v) is 20.5. The first-order valence-electron chi connectivity index (χ1n) is 19.8. The highest BCUT2D eigenvalue weighted by Gasteiger charge is 2.36. The molecule has 3 aromatic rings. The molecule has 3 heteroatoms. The molecule has 5 rings (SSSR count). The molecule has 0 saturated heterocycles. The Morgan fingerprint density at radius 1 is 0.451 bits per heavy atom. The molecule has 0 N–H and O–H groups in total. The summed E-state index contributed by atoms with van der Waals surface area (Å²) in [6, 6.07) is 12.1. The van der Waals surface area contributed by atoms with Crippen LogP contribution in [0.1, 0.15) is 229 Å². The molecule has 0 heterocycles. The van der Waals surface area contributed by atoms with Crippen molar-refractivity contribution < 1.29 is 4.39 Å². The molecule has 284 valence electrons. The summed E-state index contributed by atoms with van der Waals surface area (Å²) in [7, 11) is 0. The SMILES string of the molecule is CC(C)(C)c1c(C2CC2)cc(Cl)cc1C1CC1.CC(C)c1cc(Cl)cc(C(C)C)c1C(C)(C)C.CC(C)c1cc(F)cc(C(C)C)c1C(C)(C)C. The third kappa shape index (κ3) is 11.6. The van der Waals surface area contributed by atoms with Crippen LogP contribution in [-0.4, -0.2) is 0 Å². The maximum atomic E-state index is 13.7. The van der Waals surface area contributed by atoms with Gasteiger partial charge in [-0.15, -0.1) is 0 Å². The summed E-state index contributed by atoms with van der Waals surface area (Å²) in [5.74, 6) is 3.22. The normalized spacial score (nSPS) is 15.3. The molecule has 0 bridgehead atoms. The minimum Gasteiger partial charge on any atom is -0.207 e. The molecule has 0 atom stereocenters. The van der Waals surface area contributed by atoms with Crippen LogP contribution in [0.3, 0.4) is 0 Å². The molecule has 0 radical (unpaired) electrons. The molecule has 3 aromatic carbocycles. The summed E-state index contributed by atoms with van der Waals surface area (Å²) in [6.45, 7) is 38.0. The van der Waals surface area contributed by atoms with Crippen molar-refractivity contribution in [2.24, 2.45) is 0 Å². The highest BCUT2D eigenvalue weighted by Crippen LogP contribution is 2.51. The molecule has 2 aliphatic rings. The Hall–Kier alpha value is -1.83. The second kappa shape index (κ2) is 16.7. The summed E-state index contributed by atoms with van der Waals surface area (Å²) in [4.78, 5) is 0. The van der Waals surface area contributed by atoms with Gasteiger partial charge in [0.05, 0.1) is 0 Å². The van der Waals surface area contributed by atoms with Gasteiger partial charge in [-0.25, -0.2) is 4.39 Å². The Kier molecular flexibility index (Phi) is 14.2. The largest absolute Gasteiger partial charge is 0.207 e. The zero-order valence-corrected chi connectivity index (χ0v) is 36.9. The molecule has 2 aliphatic carbocycles. The predicted molar refractivity (Wildman–Crippen MR) is 226 cm³/mol. The Bertz CT molecular complexity index is 1360. The number of benzene rings is 3. The molecule has 0 aromatic heterocycles. The van der Waals surface area contributed by atoms with Gasteiger partial charge in [-0.3, -0.25) is 0 Å². The lowest BCUT2D eigenvalue weighted by Crippen LogP contribution is -2.19. The second-order valence-corrected chi connectivity index (χ2v) is 20.7. The highest BCUT2D eigenvalue weighted by atomic mass is 35.5. The van der Waals surface area contributed by atoms with Gasteiger partial charge in [0.15, 0.2) is 0 Å². The Balaban J connectivity index is 0.000000207. The summed E-state index contributed by atoms with van der Waals surface area (Å²) >= 11 is 12.6. The van der Waals surface area contributed by atoms with Gasteiger partial charge in [-0.05, 0) is 164 Å². The lowest BCUT2D eigenvalue weighted by molar-refractivity contribution is 0.552. The molecule has 2 saturated carbocycles. The van der Waals surface area contributed by atoms with Crippen molar-refractivity contribution in [3.8, 4) is 0 Å². The summed E-state index contributed by atoms with van der Waals surface area (Å²) < 4.78 is 13.7. The molecule has 51 heavy (non-hydrogen) atoms. The van der Waals surface area contributed by atoms with Crippen LogP contribution in [0, 0.1) is 5.82 Å². The molecule has 0 unspecified atom stereocenters. The van der Waals surface area contributed by atoms with Crippen LogP contribution in [0.15, 0.2) is 36.4 Å². The fraction of sp³-hybridized carbons (Fsp3) is 0.625. The molecule has 0 spiro atoms. The van der Waals surface area contributed by atoms with Gasteiger partial charge in [-0.2, -0.15) is 0 Å². The van der Waals surface area contributed by atoms with Crippen molar-refractivity contribution in [2.45, 2.75) is 195 Å². The molecule has 0 nitrogen and oxygen atoms in total. The average molecular weight is 738 g/mol. The fourth-order valence-corrected chi connectivity index (χ4v) is 8.27. The first-order chi connectivity index (χ1) is 23.2. The van der Waals surface area contributed by atoms with Crippen molar-refractivity contribution in [3.05, 3.63) is 102 Å². The van der Waals surface area contributed by atoms with Crippen molar-refractivity contribution in [1.29, 1.82) is 0 Å². The molecular formula is C48H71Cl2F. The number of halogens is 3. The monoisotopic (exact) mass is 736 g/mol. The third-order valence-electron chi connectivity index (χ3n) is 10.3. The smallest absolute Gasteiger partial charge is 0.123 e. The minimum atomic E-state index is -0.106. The third-order valence-corrected chi connectivity index (χ3v) is 10.7. The zero-order valence-electron chi connectivity index (χ0n) is 35.4. The highest BCUT2D eigenvalue weighted by molar-refractivity contribution is 6.31. The molecule has 0 amide bonds. The van der Waals surface area contributed by atoms with Crippen molar-refractivity contribution in [2.75, 3.05) is 0 Å². The lowest BCUT2D eigenvalue weighted by atomic mass is 9.75. The van der Waals surface area contributed by atoms with Crippen LogP contribution in [0.25, 0.3) is 0 Å². The van der Waals surface area contributed by atoms with E-state index in [9.17, 15) is 4.39 Å². The average Bonchev–Trinajstić information content (AvgIpc) is 3.88. The summed E-state index contributed by atoms with van der Waals surface area (Å²) in [5.41, 5.74) is 13.1. The van der Waals surface area contributed by atoms with E-state index in [0.717, 1.165) is 33.0 Å². The van der Waals surface area contributed by atoms with E-state index >= 15 is 0 Å². The van der Waals surface area contributed by atoms with E-state index in [1.807, 2.05) is 0 Å². The van der Waals surface area contributed by atoms with Crippen LogP contribution in [0.2, 0.25) is 10.0 Å². The predicted octanol–water partition coefficient (Wildman–Crippen LogP) is 16.6. The van der Waals surface area contributed by atoms with Crippen molar-refractivity contribution in [3.63, 3.8) is 0 Å². The van der Waals surface area contributed by atoms with E-state index in [2.05, 4.69) is 142 Å². The Morgan fingerprint density at radius 2 is 0.706 bits per heavy atom. The molecular weight excluding hydrogens is 666 g/mol. The fourth-order valence-electron chi connectivity index (χ4n) is 7.80. The van der Waals surface area contributed by atoms with Crippen LogP contribution >= 0.6 is 23.2 Å². The van der Waals surface area contributed by atoms with E-state index in [4.69, 9.17) is 23.2 Å². The minimum absolute atomic E-state index is 0.0624. The van der Waals surface area contributed by atoms with E-state index in [1.54, 1.807) is 28.8 Å². The van der Waals surface area contributed by atoms with Crippen LogP contribution in [-0.2, 0) is 16.2 Å². The van der Waals surface area contributed by atoms with Crippen molar-refractivity contribution in [1.82, 2.24) is 0 Å². The van der Waals surface area contributed by atoms with Gasteiger partial charge in [0.1, 0.15) is 5.82 Å². The Morgan fingerprint density at radius 3 is 0.941 bits per heavy atom. The van der Waals surface area contributed by atoms with Gasteiger partial charge in [0.25, 0.3) is 0 Å². The molecule has 2 fully saturated rings. The quantitative estimate of drug-likeness (QED) is 0.236. The van der Waals surface area contributed by atoms with Gasteiger partial charge < -0.3 is 0 Å². The topological polar surface area (TPSA) is 0 Å². The van der Waals surface area contributed by atoms with E-state index in [-0.39, 0.29) is 22.1 Å². The van der Waals surface area contributed by atoms with Crippen LogP contribution in [0.5, 0.6) is 0 Å². The van der Waals surface area contributed by atoms with E-state index in [1.165, 1.54) is 47.9 Å². The summed E-state index contributed by atoms with van der Waals surface area (Å²) in [6.07, 6.45) is 5.42. The van der Waals surface area contributed by atoms with E-state index < -0.39 is 0 Å². The van der Waals surface area contributed by atoms with Gasteiger partial charge in [0, 0.05) is 10.0 Å². The molecule has 0 aliphatic heterocycles. The van der Waals surface area contributed by atoms with Gasteiger partial charge in [0.2, 0.25) is 0 Å². The number of hydrogen-bond donors (Lipinski definition) is 0. The Labute approximate surface area is 323 Å².